The van der Waals surface area contributed by atoms with E-state index in [-0.39, 0.29) is 12.5 Å². The van der Waals surface area contributed by atoms with Gasteiger partial charge >= 0.3 is 5.97 Å². The van der Waals surface area contributed by atoms with Gasteiger partial charge in [0.2, 0.25) is 15.9 Å². The topological polar surface area (TPSA) is 92.8 Å². The molecule has 0 aromatic carbocycles. The van der Waals surface area contributed by atoms with Crippen molar-refractivity contribution in [1.29, 1.82) is 0 Å². The highest BCUT2D eigenvalue weighted by molar-refractivity contribution is 7.88. The smallest absolute Gasteiger partial charge is 0.330 e. The second-order valence-corrected chi connectivity index (χ2v) is 7.55. The molecule has 1 aliphatic heterocycles. The van der Waals surface area contributed by atoms with Crippen LogP contribution >= 0.6 is 0 Å². The summed E-state index contributed by atoms with van der Waals surface area (Å²) in [6.07, 6.45) is 2.37. The van der Waals surface area contributed by atoms with Crippen LogP contribution in [0.4, 0.5) is 0 Å². The van der Waals surface area contributed by atoms with E-state index < -0.39 is 27.4 Å². The normalized spacial score (nSPS) is 21.3. The highest BCUT2D eigenvalue weighted by Gasteiger charge is 2.35. The Kier molecular flexibility index (Phi) is 5.15. The van der Waals surface area contributed by atoms with Crippen molar-refractivity contribution >= 4 is 21.9 Å². The highest BCUT2D eigenvalue weighted by Crippen LogP contribution is 2.20. The van der Waals surface area contributed by atoms with Crippen molar-refractivity contribution in [3.8, 4) is 0 Å². The quantitative estimate of drug-likeness (QED) is 0.722. The molecular formula is C12H22N2O5S. The first-order valence-corrected chi connectivity index (χ1v) is 8.28. The third-order valence-corrected chi connectivity index (χ3v) is 4.63. The molecule has 0 saturated carbocycles. The lowest BCUT2D eigenvalue weighted by Gasteiger charge is -2.32. The summed E-state index contributed by atoms with van der Waals surface area (Å²) in [5, 5.41) is 2.61. The van der Waals surface area contributed by atoms with Gasteiger partial charge < -0.3 is 10.1 Å². The fourth-order valence-electron chi connectivity index (χ4n) is 2.17. The van der Waals surface area contributed by atoms with E-state index in [2.05, 4.69) is 10.1 Å². The second-order valence-electron chi connectivity index (χ2n) is 5.57. The first kappa shape index (κ1) is 16.9. The zero-order valence-electron chi connectivity index (χ0n) is 12.3. The van der Waals surface area contributed by atoms with Gasteiger partial charge in [-0.05, 0) is 26.7 Å². The lowest BCUT2D eigenvalue weighted by Crippen LogP contribution is -2.54. The van der Waals surface area contributed by atoms with Crippen molar-refractivity contribution in [2.24, 2.45) is 5.92 Å². The average Bonchev–Trinajstić information content (AvgIpc) is 2.36. The van der Waals surface area contributed by atoms with Gasteiger partial charge in [-0.25, -0.2) is 17.5 Å². The number of piperidine rings is 1. The Bertz CT molecular complexity index is 486. The molecule has 0 bridgehead atoms. The number of methoxy groups -OCH3 is 1. The summed E-state index contributed by atoms with van der Waals surface area (Å²) in [5.74, 6) is -1.31. The Morgan fingerprint density at radius 1 is 1.35 bits per heavy atom. The predicted octanol–water partition coefficient (Wildman–Crippen LogP) is -0.274. The zero-order valence-corrected chi connectivity index (χ0v) is 13.1. The molecule has 20 heavy (non-hydrogen) atoms. The van der Waals surface area contributed by atoms with E-state index in [9.17, 15) is 18.0 Å². The summed E-state index contributed by atoms with van der Waals surface area (Å²) in [4.78, 5) is 23.7. The predicted molar refractivity (Wildman–Crippen MR) is 73.4 cm³/mol. The highest BCUT2D eigenvalue weighted by atomic mass is 32.2. The van der Waals surface area contributed by atoms with Crippen molar-refractivity contribution < 1.29 is 22.7 Å². The fraction of sp³-hybridized carbons (Fsp3) is 0.833. The number of nitrogens with one attached hydrogen (secondary N) is 1. The minimum atomic E-state index is -3.30. The Labute approximate surface area is 119 Å². The van der Waals surface area contributed by atoms with Crippen molar-refractivity contribution in [2.75, 3.05) is 26.5 Å². The number of rotatable bonds is 4. The average molecular weight is 306 g/mol. The third-order valence-electron chi connectivity index (χ3n) is 3.36. The summed E-state index contributed by atoms with van der Waals surface area (Å²) >= 11 is 0. The maximum atomic E-state index is 12.2. The number of esters is 1. The van der Waals surface area contributed by atoms with Crippen LogP contribution in [0.2, 0.25) is 0 Å². The zero-order chi connectivity index (χ0) is 15.6. The largest absolute Gasteiger partial charge is 0.467 e. The Morgan fingerprint density at radius 2 is 1.95 bits per heavy atom. The molecule has 0 aromatic rings. The maximum absolute atomic E-state index is 12.2. The van der Waals surface area contributed by atoms with E-state index in [4.69, 9.17) is 0 Å². The number of carbonyl (C=O) groups excluding carboxylic acids is 2. The number of amides is 1. The molecular weight excluding hydrogens is 284 g/mol. The third kappa shape index (κ3) is 4.17. The minimum absolute atomic E-state index is 0.155. The SMILES string of the molecule is COC(=O)C(C)(C)NC(=O)[C@H]1CCCN(S(C)(=O)=O)C1. The Hall–Kier alpha value is -1.15. The monoisotopic (exact) mass is 306 g/mol. The van der Waals surface area contributed by atoms with Crippen molar-refractivity contribution in [3.63, 3.8) is 0 Å². The minimum Gasteiger partial charge on any atom is -0.467 e. The molecule has 0 unspecified atom stereocenters. The van der Waals surface area contributed by atoms with Crippen LogP contribution in [0.1, 0.15) is 26.7 Å². The fourth-order valence-corrected chi connectivity index (χ4v) is 3.09. The van der Waals surface area contributed by atoms with Crippen LogP contribution in [0.15, 0.2) is 0 Å². The maximum Gasteiger partial charge on any atom is 0.330 e. The van der Waals surface area contributed by atoms with Gasteiger partial charge in [0, 0.05) is 13.1 Å². The van der Waals surface area contributed by atoms with Crippen LogP contribution in [0.25, 0.3) is 0 Å². The van der Waals surface area contributed by atoms with Gasteiger partial charge in [0.25, 0.3) is 0 Å². The number of hydrogen-bond donors (Lipinski definition) is 1. The van der Waals surface area contributed by atoms with E-state index in [1.165, 1.54) is 11.4 Å². The number of ether oxygens (including phenoxy) is 1. The van der Waals surface area contributed by atoms with Gasteiger partial charge in [0.15, 0.2) is 0 Å². The molecule has 0 aromatic heterocycles. The van der Waals surface area contributed by atoms with E-state index >= 15 is 0 Å². The van der Waals surface area contributed by atoms with E-state index in [0.29, 0.717) is 19.4 Å². The molecule has 1 rings (SSSR count). The molecule has 0 radical (unpaired) electrons. The van der Waals surface area contributed by atoms with Crippen LogP contribution in [0, 0.1) is 5.92 Å². The molecule has 116 valence electrons. The van der Waals surface area contributed by atoms with Crippen molar-refractivity contribution in [3.05, 3.63) is 0 Å². The number of nitrogens with zero attached hydrogens (tertiary/aromatic N) is 1. The molecule has 0 spiro atoms. The molecule has 1 heterocycles. The molecule has 1 atom stereocenters. The summed E-state index contributed by atoms with van der Waals surface area (Å²) in [7, 11) is -2.04. The molecule has 8 heteroatoms. The number of carbonyl (C=O) groups is 2. The van der Waals surface area contributed by atoms with E-state index in [1.807, 2.05) is 0 Å². The van der Waals surface area contributed by atoms with Crippen LogP contribution in [-0.4, -0.2) is 56.6 Å². The van der Waals surface area contributed by atoms with Crippen molar-refractivity contribution in [2.45, 2.75) is 32.2 Å². The summed E-state index contributed by atoms with van der Waals surface area (Å²) in [5.41, 5.74) is -1.13. The van der Waals surface area contributed by atoms with Gasteiger partial charge in [-0.3, -0.25) is 4.79 Å². The standard InChI is InChI=1S/C12H22N2O5S/c1-12(2,11(16)19-3)13-10(15)9-6-5-7-14(8-9)20(4,17)18/h9H,5-8H2,1-4H3,(H,13,15)/t9-/m0/s1. The van der Waals surface area contributed by atoms with Crippen LogP contribution in [0.5, 0.6) is 0 Å². The molecule has 1 amide bonds. The van der Waals surface area contributed by atoms with E-state index in [1.54, 1.807) is 13.8 Å². The van der Waals surface area contributed by atoms with Crippen LogP contribution < -0.4 is 5.32 Å². The van der Waals surface area contributed by atoms with Gasteiger partial charge in [-0.2, -0.15) is 0 Å². The molecule has 7 nitrogen and oxygen atoms in total. The lowest BCUT2D eigenvalue weighted by molar-refractivity contribution is -0.150. The summed E-state index contributed by atoms with van der Waals surface area (Å²) < 4.78 is 28.9. The Morgan fingerprint density at radius 3 is 2.45 bits per heavy atom. The molecule has 0 aliphatic carbocycles. The summed E-state index contributed by atoms with van der Waals surface area (Å²) in [6.45, 7) is 3.69. The molecule has 1 N–H and O–H groups in total. The van der Waals surface area contributed by atoms with Crippen LogP contribution in [0.3, 0.4) is 0 Å². The summed E-state index contributed by atoms with van der Waals surface area (Å²) in [6, 6.07) is 0. The van der Waals surface area contributed by atoms with Gasteiger partial charge in [-0.1, -0.05) is 0 Å². The molecule has 1 fully saturated rings. The molecule has 1 aliphatic rings. The first-order valence-electron chi connectivity index (χ1n) is 6.43. The van der Waals surface area contributed by atoms with Gasteiger partial charge in [0.05, 0.1) is 19.3 Å². The van der Waals surface area contributed by atoms with Gasteiger partial charge in [-0.15, -0.1) is 0 Å². The van der Waals surface area contributed by atoms with Crippen LogP contribution in [-0.2, 0) is 24.3 Å². The van der Waals surface area contributed by atoms with E-state index in [0.717, 1.165) is 6.26 Å². The molecule has 1 saturated heterocycles. The lowest BCUT2D eigenvalue weighted by atomic mass is 9.96. The second kappa shape index (κ2) is 6.09. The van der Waals surface area contributed by atoms with Gasteiger partial charge in [0.1, 0.15) is 5.54 Å². The Balaban J connectivity index is 2.71. The number of sulfonamides is 1. The first-order chi connectivity index (χ1) is 9.08. The number of hydrogen-bond acceptors (Lipinski definition) is 5. The van der Waals surface area contributed by atoms with Crippen molar-refractivity contribution in [1.82, 2.24) is 9.62 Å².